The monoisotopic (exact) mass is 224 g/mol. The normalized spacial score (nSPS) is 23.1. The van der Waals surface area contributed by atoms with Crippen LogP contribution in [0.4, 0.5) is 0 Å². The lowest BCUT2D eigenvalue weighted by atomic mass is 9.78. The van der Waals surface area contributed by atoms with E-state index < -0.39 is 0 Å². The Morgan fingerprint density at radius 1 is 0.882 bits per heavy atom. The molecule has 3 rings (SSSR count). The molecule has 0 fully saturated rings. The molecule has 0 saturated heterocycles. The van der Waals surface area contributed by atoms with E-state index >= 15 is 0 Å². The van der Waals surface area contributed by atoms with Crippen LogP contribution >= 0.6 is 0 Å². The second-order valence-electron chi connectivity index (χ2n) is 4.76. The van der Waals surface area contributed by atoms with Crippen LogP contribution in [-0.2, 0) is 6.42 Å². The number of fused-ring (bicyclic) bond motifs is 1. The first kappa shape index (κ1) is 10.5. The minimum atomic E-state index is -0.213. The Balaban J connectivity index is 2.07. The summed E-state index contributed by atoms with van der Waals surface area (Å²) in [5.74, 6) is 0.344. The lowest BCUT2D eigenvalue weighted by Crippen LogP contribution is -2.23. The molecule has 0 bridgehead atoms. The van der Waals surface area contributed by atoms with Crippen molar-refractivity contribution >= 4 is 0 Å². The van der Waals surface area contributed by atoms with Gasteiger partial charge in [0.1, 0.15) is 0 Å². The van der Waals surface area contributed by atoms with E-state index in [4.69, 9.17) is 0 Å². The second-order valence-corrected chi connectivity index (χ2v) is 4.76. The highest BCUT2D eigenvalue weighted by molar-refractivity contribution is 5.40. The zero-order valence-corrected chi connectivity index (χ0v) is 9.71. The van der Waals surface area contributed by atoms with Crippen molar-refractivity contribution in [3.63, 3.8) is 0 Å². The van der Waals surface area contributed by atoms with Crippen LogP contribution in [0.3, 0.4) is 0 Å². The van der Waals surface area contributed by atoms with Crippen molar-refractivity contribution in [1.82, 2.24) is 0 Å². The highest BCUT2D eigenvalue weighted by atomic mass is 16.3. The van der Waals surface area contributed by atoms with E-state index in [1.54, 1.807) is 0 Å². The van der Waals surface area contributed by atoms with Gasteiger partial charge in [0.25, 0.3) is 0 Å². The largest absolute Gasteiger partial charge is 0.393 e. The molecule has 0 heterocycles. The highest BCUT2D eigenvalue weighted by Crippen LogP contribution is 2.36. The van der Waals surface area contributed by atoms with Crippen molar-refractivity contribution in [3.8, 4) is 0 Å². The molecule has 0 amide bonds. The Labute approximate surface area is 102 Å². The number of hydrogen-bond donors (Lipinski definition) is 1. The van der Waals surface area contributed by atoms with Gasteiger partial charge in [-0.3, -0.25) is 0 Å². The van der Waals surface area contributed by atoms with E-state index in [1.807, 2.05) is 6.07 Å². The summed E-state index contributed by atoms with van der Waals surface area (Å²) >= 11 is 0. The van der Waals surface area contributed by atoms with Crippen molar-refractivity contribution in [3.05, 3.63) is 71.3 Å². The molecule has 0 saturated carbocycles. The molecule has 0 spiro atoms. The van der Waals surface area contributed by atoms with Gasteiger partial charge in [0, 0.05) is 5.92 Å². The lowest BCUT2D eigenvalue weighted by molar-refractivity contribution is 0.152. The summed E-state index contributed by atoms with van der Waals surface area (Å²) in [4.78, 5) is 0. The maximum Gasteiger partial charge on any atom is 0.0589 e. The van der Waals surface area contributed by atoms with Gasteiger partial charge in [-0.2, -0.15) is 0 Å². The summed E-state index contributed by atoms with van der Waals surface area (Å²) in [5.41, 5.74) is 3.97. The minimum absolute atomic E-state index is 0.213. The van der Waals surface area contributed by atoms with Crippen molar-refractivity contribution in [2.24, 2.45) is 0 Å². The molecule has 1 N–H and O–H groups in total. The molecule has 1 nitrogen and oxygen atoms in total. The number of hydrogen-bond acceptors (Lipinski definition) is 1. The van der Waals surface area contributed by atoms with E-state index in [1.165, 1.54) is 16.7 Å². The smallest absolute Gasteiger partial charge is 0.0589 e. The van der Waals surface area contributed by atoms with Crippen LogP contribution in [0.1, 0.15) is 29.0 Å². The molecular formula is C16H16O. The Hall–Kier alpha value is -1.60. The van der Waals surface area contributed by atoms with Gasteiger partial charge >= 0.3 is 0 Å². The van der Waals surface area contributed by atoms with Gasteiger partial charge < -0.3 is 5.11 Å². The maximum atomic E-state index is 9.99. The molecule has 1 aliphatic rings. The van der Waals surface area contributed by atoms with E-state index in [0.717, 1.165) is 12.8 Å². The van der Waals surface area contributed by atoms with Gasteiger partial charge in [0.15, 0.2) is 0 Å². The first-order valence-corrected chi connectivity index (χ1v) is 6.15. The fraction of sp³-hybridized carbons (Fsp3) is 0.250. The molecule has 0 unspecified atom stereocenters. The molecule has 2 aromatic carbocycles. The summed E-state index contributed by atoms with van der Waals surface area (Å²) in [6.07, 6.45) is 1.41. The topological polar surface area (TPSA) is 20.2 Å². The van der Waals surface area contributed by atoms with Crippen LogP contribution in [-0.4, -0.2) is 11.2 Å². The van der Waals surface area contributed by atoms with Crippen molar-refractivity contribution in [2.45, 2.75) is 24.9 Å². The summed E-state index contributed by atoms with van der Waals surface area (Å²) in [7, 11) is 0. The molecular weight excluding hydrogens is 208 g/mol. The van der Waals surface area contributed by atoms with Crippen LogP contribution in [0.5, 0.6) is 0 Å². The van der Waals surface area contributed by atoms with Gasteiger partial charge in [0.05, 0.1) is 6.10 Å². The first-order chi connectivity index (χ1) is 8.34. The summed E-state index contributed by atoms with van der Waals surface area (Å²) in [6.45, 7) is 0. The van der Waals surface area contributed by atoms with Gasteiger partial charge in [-0.15, -0.1) is 0 Å². The van der Waals surface area contributed by atoms with Gasteiger partial charge in [-0.25, -0.2) is 0 Å². The molecule has 0 aliphatic heterocycles. The van der Waals surface area contributed by atoms with Crippen LogP contribution < -0.4 is 0 Å². The average molecular weight is 224 g/mol. The Kier molecular flexibility index (Phi) is 2.69. The van der Waals surface area contributed by atoms with Crippen LogP contribution in [0.15, 0.2) is 54.6 Å². The Bertz CT molecular complexity index is 504. The van der Waals surface area contributed by atoms with Gasteiger partial charge in [-0.1, -0.05) is 54.6 Å². The third kappa shape index (κ3) is 1.98. The molecule has 0 radical (unpaired) electrons. The van der Waals surface area contributed by atoms with Gasteiger partial charge in [-0.05, 0) is 29.5 Å². The molecule has 0 aromatic heterocycles. The van der Waals surface area contributed by atoms with Gasteiger partial charge in [0.2, 0.25) is 0 Å². The Morgan fingerprint density at radius 3 is 2.41 bits per heavy atom. The standard InChI is InChI=1S/C16H16O/c17-14-10-13-8-4-5-9-15(13)16(11-14)12-6-2-1-3-7-12/h1-9,14,16-17H,10-11H2/t14-,16-/m0/s1. The summed E-state index contributed by atoms with van der Waals surface area (Å²) in [6, 6.07) is 18.9. The van der Waals surface area contributed by atoms with Crippen LogP contribution in [0.25, 0.3) is 0 Å². The molecule has 17 heavy (non-hydrogen) atoms. The molecule has 2 atom stereocenters. The summed E-state index contributed by atoms with van der Waals surface area (Å²) in [5, 5.41) is 9.99. The first-order valence-electron chi connectivity index (χ1n) is 6.15. The average Bonchev–Trinajstić information content (AvgIpc) is 2.39. The third-order valence-corrected chi connectivity index (χ3v) is 3.60. The molecule has 1 heteroatoms. The van der Waals surface area contributed by atoms with E-state index in [-0.39, 0.29) is 6.10 Å². The predicted molar refractivity (Wildman–Crippen MR) is 69.1 cm³/mol. The zero-order valence-electron chi connectivity index (χ0n) is 9.71. The zero-order chi connectivity index (χ0) is 11.7. The fourth-order valence-electron chi connectivity index (χ4n) is 2.80. The highest BCUT2D eigenvalue weighted by Gasteiger charge is 2.26. The summed E-state index contributed by atoms with van der Waals surface area (Å²) < 4.78 is 0. The van der Waals surface area contributed by atoms with E-state index in [9.17, 15) is 5.11 Å². The fourth-order valence-corrected chi connectivity index (χ4v) is 2.80. The second kappa shape index (κ2) is 4.34. The number of benzene rings is 2. The number of rotatable bonds is 1. The van der Waals surface area contributed by atoms with Crippen molar-refractivity contribution in [1.29, 1.82) is 0 Å². The third-order valence-electron chi connectivity index (χ3n) is 3.60. The maximum absolute atomic E-state index is 9.99. The predicted octanol–water partition coefficient (Wildman–Crippen LogP) is 3.13. The van der Waals surface area contributed by atoms with Crippen molar-refractivity contribution in [2.75, 3.05) is 0 Å². The lowest BCUT2D eigenvalue weighted by Gasteiger charge is -2.29. The minimum Gasteiger partial charge on any atom is -0.393 e. The SMILES string of the molecule is O[C@H]1Cc2ccccc2[C@H](c2ccccc2)C1. The quantitative estimate of drug-likeness (QED) is 0.789. The van der Waals surface area contributed by atoms with E-state index in [2.05, 4.69) is 48.5 Å². The van der Waals surface area contributed by atoms with E-state index in [0.29, 0.717) is 5.92 Å². The van der Waals surface area contributed by atoms with Crippen LogP contribution in [0.2, 0.25) is 0 Å². The molecule has 2 aromatic rings. The molecule has 86 valence electrons. The Morgan fingerprint density at radius 2 is 1.59 bits per heavy atom. The molecule has 1 aliphatic carbocycles. The van der Waals surface area contributed by atoms with Crippen LogP contribution in [0, 0.1) is 0 Å². The van der Waals surface area contributed by atoms with Crippen molar-refractivity contribution < 1.29 is 5.11 Å². The number of aliphatic hydroxyl groups excluding tert-OH is 1. The number of aliphatic hydroxyl groups is 1.